The number of carboxylic acids is 1. The topological polar surface area (TPSA) is 92.7 Å². The fourth-order valence-corrected chi connectivity index (χ4v) is 3.57. The number of hydrogen-bond acceptors (Lipinski definition) is 4. The summed E-state index contributed by atoms with van der Waals surface area (Å²) < 4.78 is 32.2. The number of rotatable bonds is 7. The summed E-state index contributed by atoms with van der Waals surface area (Å²) in [5.41, 5.74) is 0. The van der Waals surface area contributed by atoms with Gasteiger partial charge < -0.3 is 9.84 Å². The van der Waals surface area contributed by atoms with E-state index in [1.165, 1.54) is 13.2 Å². The molecule has 1 fully saturated rings. The molecule has 1 unspecified atom stereocenters. The van der Waals surface area contributed by atoms with Crippen LogP contribution in [0.3, 0.4) is 0 Å². The van der Waals surface area contributed by atoms with Crippen LogP contribution in [0.4, 0.5) is 0 Å². The molecular formula is C13H17NO5S. The van der Waals surface area contributed by atoms with Crippen LogP contribution in [0.1, 0.15) is 19.3 Å². The molecule has 110 valence electrons. The second-order valence-electron chi connectivity index (χ2n) is 4.81. The molecule has 1 aromatic carbocycles. The van der Waals surface area contributed by atoms with E-state index in [2.05, 4.69) is 4.72 Å². The van der Waals surface area contributed by atoms with Crippen LogP contribution in [0.2, 0.25) is 0 Å². The Balaban J connectivity index is 2.23. The van der Waals surface area contributed by atoms with E-state index in [1.54, 1.807) is 18.2 Å². The molecule has 20 heavy (non-hydrogen) atoms. The van der Waals surface area contributed by atoms with Crippen LogP contribution in [0.15, 0.2) is 29.2 Å². The van der Waals surface area contributed by atoms with Crippen LogP contribution in [0, 0.1) is 5.92 Å². The van der Waals surface area contributed by atoms with Gasteiger partial charge in [-0.3, -0.25) is 4.79 Å². The first-order chi connectivity index (χ1) is 9.44. The normalized spacial score (nSPS) is 16.6. The quantitative estimate of drug-likeness (QED) is 0.790. The van der Waals surface area contributed by atoms with Gasteiger partial charge in [0.25, 0.3) is 0 Å². The highest BCUT2D eigenvalue weighted by atomic mass is 32.2. The Kier molecular flexibility index (Phi) is 4.29. The Morgan fingerprint density at radius 1 is 1.45 bits per heavy atom. The van der Waals surface area contributed by atoms with Gasteiger partial charge in [0.1, 0.15) is 10.6 Å². The third-order valence-electron chi connectivity index (χ3n) is 3.25. The van der Waals surface area contributed by atoms with Crippen LogP contribution in [-0.4, -0.2) is 32.6 Å². The standard InChI is InChI=1S/C13H17NO5S/c1-19-11-4-2-3-5-12(11)20(17,18)14-10(8-13(15)16)9-6-7-9/h2-5,9-10,14H,6-8H2,1H3,(H,15,16). The van der Waals surface area contributed by atoms with E-state index in [4.69, 9.17) is 9.84 Å². The van der Waals surface area contributed by atoms with Crippen molar-refractivity contribution in [1.82, 2.24) is 4.72 Å². The van der Waals surface area contributed by atoms with Crippen molar-refractivity contribution in [3.8, 4) is 5.75 Å². The maximum atomic E-state index is 12.4. The number of benzene rings is 1. The van der Waals surface area contributed by atoms with Gasteiger partial charge in [0.15, 0.2) is 0 Å². The number of hydrogen-bond donors (Lipinski definition) is 2. The van der Waals surface area contributed by atoms with E-state index in [0.29, 0.717) is 0 Å². The lowest BCUT2D eigenvalue weighted by Crippen LogP contribution is -2.38. The minimum absolute atomic E-state index is 0.0264. The zero-order valence-electron chi connectivity index (χ0n) is 11.1. The number of nitrogens with one attached hydrogen (secondary N) is 1. The molecule has 1 aromatic rings. The predicted molar refractivity (Wildman–Crippen MR) is 72.1 cm³/mol. The molecule has 0 aliphatic heterocycles. The minimum Gasteiger partial charge on any atom is -0.495 e. The largest absolute Gasteiger partial charge is 0.495 e. The third kappa shape index (κ3) is 3.49. The number of methoxy groups -OCH3 is 1. The molecule has 0 heterocycles. The van der Waals surface area contributed by atoms with Gasteiger partial charge in [-0.1, -0.05) is 12.1 Å². The first-order valence-corrected chi connectivity index (χ1v) is 7.79. The molecule has 1 aliphatic rings. The molecule has 0 amide bonds. The van der Waals surface area contributed by atoms with E-state index in [9.17, 15) is 13.2 Å². The Hall–Kier alpha value is -1.60. The second kappa shape index (κ2) is 5.80. The van der Waals surface area contributed by atoms with Crippen LogP contribution in [0.25, 0.3) is 0 Å². The molecule has 6 nitrogen and oxygen atoms in total. The Labute approximate surface area is 117 Å². The zero-order valence-corrected chi connectivity index (χ0v) is 11.9. The van der Waals surface area contributed by atoms with Crippen LogP contribution >= 0.6 is 0 Å². The lowest BCUT2D eigenvalue weighted by Gasteiger charge is -2.17. The van der Waals surface area contributed by atoms with Gasteiger partial charge in [0.2, 0.25) is 10.0 Å². The van der Waals surface area contributed by atoms with Crippen molar-refractivity contribution in [2.45, 2.75) is 30.2 Å². The maximum Gasteiger partial charge on any atom is 0.304 e. The molecule has 0 radical (unpaired) electrons. The number of carboxylic acid groups (broad SMARTS) is 1. The summed E-state index contributed by atoms with van der Waals surface area (Å²) in [5, 5.41) is 8.87. The number of sulfonamides is 1. The average molecular weight is 299 g/mol. The van der Waals surface area contributed by atoms with Crippen molar-refractivity contribution < 1.29 is 23.1 Å². The van der Waals surface area contributed by atoms with Crippen LogP contribution in [-0.2, 0) is 14.8 Å². The van der Waals surface area contributed by atoms with Crippen LogP contribution < -0.4 is 9.46 Å². The van der Waals surface area contributed by atoms with E-state index in [0.717, 1.165) is 12.8 Å². The molecule has 7 heteroatoms. The summed E-state index contributed by atoms with van der Waals surface area (Å²) in [6.45, 7) is 0. The molecule has 0 saturated heterocycles. The number of aliphatic carboxylic acids is 1. The monoisotopic (exact) mass is 299 g/mol. The Morgan fingerprint density at radius 2 is 2.10 bits per heavy atom. The minimum atomic E-state index is -3.79. The lowest BCUT2D eigenvalue weighted by molar-refractivity contribution is -0.137. The Bertz CT molecular complexity index is 595. The zero-order chi connectivity index (χ0) is 14.8. The van der Waals surface area contributed by atoms with Gasteiger partial charge in [-0.2, -0.15) is 0 Å². The van der Waals surface area contributed by atoms with E-state index in [1.807, 2.05) is 0 Å². The lowest BCUT2D eigenvalue weighted by atomic mass is 10.1. The second-order valence-corrected chi connectivity index (χ2v) is 6.50. The molecular weight excluding hydrogens is 282 g/mol. The number of ether oxygens (including phenoxy) is 1. The highest BCUT2D eigenvalue weighted by Gasteiger charge is 2.36. The molecule has 0 aromatic heterocycles. The van der Waals surface area contributed by atoms with E-state index in [-0.39, 0.29) is 23.0 Å². The van der Waals surface area contributed by atoms with Crippen molar-refractivity contribution >= 4 is 16.0 Å². The average Bonchev–Trinajstić information content (AvgIpc) is 3.21. The van der Waals surface area contributed by atoms with Crippen molar-refractivity contribution in [3.63, 3.8) is 0 Å². The fraction of sp³-hybridized carbons (Fsp3) is 0.462. The molecule has 2 rings (SSSR count). The molecule has 1 aliphatic carbocycles. The molecule has 2 N–H and O–H groups in total. The van der Waals surface area contributed by atoms with Crippen LogP contribution in [0.5, 0.6) is 5.75 Å². The first kappa shape index (κ1) is 14.8. The fourth-order valence-electron chi connectivity index (χ4n) is 2.09. The maximum absolute atomic E-state index is 12.4. The summed E-state index contributed by atoms with van der Waals surface area (Å²) in [5.74, 6) is -0.662. The highest BCUT2D eigenvalue weighted by Crippen LogP contribution is 2.35. The predicted octanol–water partition coefficient (Wildman–Crippen LogP) is 1.23. The highest BCUT2D eigenvalue weighted by molar-refractivity contribution is 7.89. The first-order valence-electron chi connectivity index (χ1n) is 6.31. The van der Waals surface area contributed by atoms with Crippen molar-refractivity contribution in [2.75, 3.05) is 7.11 Å². The van der Waals surface area contributed by atoms with Gasteiger partial charge in [0, 0.05) is 6.04 Å². The summed E-state index contributed by atoms with van der Waals surface area (Å²) in [4.78, 5) is 10.9. The smallest absolute Gasteiger partial charge is 0.304 e. The van der Waals surface area contributed by atoms with E-state index < -0.39 is 22.0 Å². The molecule has 0 bridgehead atoms. The van der Waals surface area contributed by atoms with Gasteiger partial charge in [-0.25, -0.2) is 13.1 Å². The SMILES string of the molecule is COc1ccccc1S(=O)(=O)NC(CC(=O)O)C1CC1. The van der Waals surface area contributed by atoms with Gasteiger partial charge in [-0.05, 0) is 30.9 Å². The Morgan fingerprint density at radius 3 is 2.65 bits per heavy atom. The molecule has 1 saturated carbocycles. The van der Waals surface area contributed by atoms with Crippen molar-refractivity contribution in [1.29, 1.82) is 0 Å². The van der Waals surface area contributed by atoms with Gasteiger partial charge >= 0.3 is 5.97 Å². The summed E-state index contributed by atoms with van der Waals surface area (Å²) in [6, 6.07) is 5.69. The van der Waals surface area contributed by atoms with Crippen molar-refractivity contribution in [2.24, 2.45) is 5.92 Å². The third-order valence-corrected chi connectivity index (χ3v) is 4.78. The molecule has 0 spiro atoms. The van der Waals surface area contributed by atoms with E-state index >= 15 is 0 Å². The van der Waals surface area contributed by atoms with Gasteiger partial charge in [-0.15, -0.1) is 0 Å². The number of carbonyl (C=O) groups is 1. The molecule has 1 atom stereocenters. The summed E-state index contributed by atoms with van der Waals surface area (Å²) >= 11 is 0. The summed E-state index contributed by atoms with van der Waals surface area (Å²) in [6.07, 6.45) is 1.50. The van der Waals surface area contributed by atoms with Crippen molar-refractivity contribution in [3.05, 3.63) is 24.3 Å². The number of para-hydroxylation sites is 1. The van der Waals surface area contributed by atoms with Gasteiger partial charge in [0.05, 0.1) is 13.5 Å². The summed E-state index contributed by atoms with van der Waals surface area (Å²) in [7, 11) is -2.40.